The Kier molecular flexibility index (Phi) is 4.63. The highest BCUT2D eigenvalue weighted by atomic mass is 16.6. The number of carbonyl (C=O) groups excluding carboxylic acids is 1. The first-order chi connectivity index (χ1) is 15.6. The minimum absolute atomic E-state index is 0.118. The lowest BCUT2D eigenvalue weighted by atomic mass is 9.86. The van der Waals surface area contributed by atoms with Crippen LogP contribution < -0.4 is 5.56 Å². The van der Waals surface area contributed by atoms with Crippen LogP contribution in [0.25, 0.3) is 22.3 Å². The summed E-state index contributed by atoms with van der Waals surface area (Å²) < 4.78 is 7.02. The predicted octanol–water partition coefficient (Wildman–Crippen LogP) is 4.57. The number of nitrogens with zero attached hydrogens (tertiary/aromatic N) is 2. The summed E-state index contributed by atoms with van der Waals surface area (Å²) in [5, 5.41) is 12.3. The first-order valence-electron chi connectivity index (χ1n) is 11.7. The fraction of sp³-hybridized carbons (Fsp3) is 0.444. The molecule has 2 aliphatic rings. The molecule has 3 aromatic rings. The molecule has 172 valence electrons. The van der Waals surface area contributed by atoms with Crippen LogP contribution in [0, 0.1) is 34.6 Å². The quantitative estimate of drug-likeness (QED) is 0.583. The number of aliphatic hydroxyl groups is 1. The average Bonchev–Trinajstić information content (AvgIpc) is 3.13. The Morgan fingerprint density at radius 2 is 1.73 bits per heavy atom. The van der Waals surface area contributed by atoms with Gasteiger partial charge in [-0.2, -0.15) is 0 Å². The zero-order chi connectivity index (χ0) is 24.0. The van der Waals surface area contributed by atoms with E-state index in [1.807, 2.05) is 0 Å². The third-order valence-corrected chi connectivity index (χ3v) is 8.17. The second-order valence-corrected chi connectivity index (χ2v) is 9.53. The van der Waals surface area contributed by atoms with Crippen LogP contribution in [0.2, 0.25) is 0 Å². The van der Waals surface area contributed by atoms with Gasteiger partial charge in [0.25, 0.3) is 5.56 Å². The molecule has 1 N–H and O–H groups in total. The molecule has 0 bridgehead atoms. The molecule has 0 spiro atoms. The van der Waals surface area contributed by atoms with Crippen LogP contribution in [0.15, 0.2) is 10.9 Å². The van der Waals surface area contributed by atoms with Gasteiger partial charge >= 0.3 is 5.97 Å². The fourth-order valence-corrected chi connectivity index (χ4v) is 5.86. The maximum Gasteiger partial charge on any atom is 0.343 e. The summed E-state index contributed by atoms with van der Waals surface area (Å²) in [4.78, 5) is 31.3. The summed E-state index contributed by atoms with van der Waals surface area (Å²) in [6, 6.07) is 1.65. The zero-order valence-corrected chi connectivity index (χ0v) is 20.3. The van der Waals surface area contributed by atoms with Crippen molar-refractivity contribution in [2.45, 2.75) is 79.6 Å². The van der Waals surface area contributed by atoms with Crippen molar-refractivity contribution < 1.29 is 14.6 Å². The highest BCUT2D eigenvalue weighted by molar-refractivity contribution is 5.94. The lowest BCUT2D eigenvalue weighted by molar-refractivity contribution is -0.172. The van der Waals surface area contributed by atoms with Crippen molar-refractivity contribution in [2.75, 3.05) is 0 Å². The smallest absolute Gasteiger partial charge is 0.343 e. The Labute approximate surface area is 193 Å². The number of aryl methyl sites for hydroxylation is 3. The van der Waals surface area contributed by atoms with Crippen LogP contribution in [0.5, 0.6) is 0 Å². The van der Waals surface area contributed by atoms with Crippen LogP contribution in [0.4, 0.5) is 0 Å². The number of cyclic esters (lactones) is 1. The number of pyridine rings is 2. The van der Waals surface area contributed by atoms with E-state index in [1.54, 1.807) is 17.6 Å². The van der Waals surface area contributed by atoms with Crippen LogP contribution in [0.1, 0.15) is 77.2 Å². The van der Waals surface area contributed by atoms with Crippen molar-refractivity contribution in [1.29, 1.82) is 0 Å². The van der Waals surface area contributed by atoms with E-state index in [2.05, 4.69) is 41.5 Å². The maximum absolute atomic E-state index is 13.7. The van der Waals surface area contributed by atoms with Crippen molar-refractivity contribution in [2.24, 2.45) is 0 Å². The number of hydrogen-bond acceptors (Lipinski definition) is 5. The largest absolute Gasteiger partial charge is 0.458 e. The topological polar surface area (TPSA) is 81.4 Å². The molecule has 6 nitrogen and oxygen atoms in total. The van der Waals surface area contributed by atoms with Gasteiger partial charge in [-0.05, 0) is 81.3 Å². The molecular formula is C27H30N2O4. The summed E-state index contributed by atoms with van der Waals surface area (Å²) in [6.45, 7) is 14.3. The van der Waals surface area contributed by atoms with Crippen molar-refractivity contribution in [3.63, 3.8) is 0 Å². The Hall–Kier alpha value is -2.99. The number of esters is 1. The molecule has 2 atom stereocenters. The van der Waals surface area contributed by atoms with E-state index >= 15 is 0 Å². The summed E-state index contributed by atoms with van der Waals surface area (Å²) in [7, 11) is 0. The number of ether oxygens (including phenoxy) is 1. The number of aromatic nitrogens is 2. The number of hydrogen-bond donors (Lipinski definition) is 1. The van der Waals surface area contributed by atoms with Gasteiger partial charge in [-0.25, -0.2) is 9.78 Å². The number of rotatable bonds is 2. The van der Waals surface area contributed by atoms with E-state index in [1.165, 1.54) is 16.7 Å². The van der Waals surface area contributed by atoms with Gasteiger partial charge in [-0.3, -0.25) is 9.36 Å². The van der Waals surface area contributed by atoms with E-state index in [9.17, 15) is 14.7 Å². The predicted molar refractivity (Wildman–Crippen MR) is 128 cm³/mol. The van der Waals surface area contributed by atoms with E-state index in [4.69, 9.17) is 9.72 Å². The van der Waals surface area contributed by atoms with Crippen molar-refractivity contribution in [1.82, 2.24) is 9.55 Å². The molecule has 0 saturated carbocycles. The fourth-order valence-electron chi connectivity index (χ4n) is 5.86. The number of benzene rings is 1. The number of fused-ring (bicyclic) bond motifs is 5. The summed E-state index contributed by atoms with van der Waals surface area (Å²) in [6.07, 6.45) is 0.861. The van der Waals surface area contributed by atoms with Crippen molar-refractivity contribution in [3.05, 3.63) is 60.9 Å². The first kappa shape index (κ1) is 21.8. The highest BCUT2D eigenvalue weighted by Crippen LogP contribution is 2.46. The van der Waals surface area contributed by atoms with Crippen LogP contribution in [0.3, 0.4) is 0 Å². The van der Waals surface area contributed by atoms with Gasteiger partial charge in [0.05, 0.1) is 28.5 Å². The first-order valence-corrected chi connectivity index (χ1v) is 11.7. The molecule has 0 saturated heterocycles. The summed E-state index contributed by atoms with van der Waals surface area (Å²) in [5.41, 5.74) is 8.12. The highest BCUT2D eigenvalue weighted by Gasteiger charge is 2.46. The van der Waals surface area contributed by atoms with E-state index < -0.39 is 11.6 Å². The van der Waals surface area contributed by atoms with Gasteiger partial charge in [-0.15, -0.1) is 0 Å². The second kappa shape index (κ2) is 7.00. The van der Waals surface area contributed by atoms with Gasteiger partial charge in [-0.1, -0.05) is 13.8 Å². The molecule has 0 aliphatic carbocycles. The van der Waals surface area contributed by atoms with Gasteiger partial charge in [0.15, 0.2) is 5.60 Å². The third kappa shape index (κ3) is 2.56. The molecule has 1 aromatic carbocycles. The average molecular weight is 447 g/mol. The Morgan fingerprint density at radius 3 is 2.36 bits per heavy atom. The van der Waals surface area contributed by atoms with E-state index in [0.29, 0.717) is 16.8 Å². The Bertz CT molecular complexity index is 1450. The summed E-state index contributed by atoms with van der Waals surface area (Å²) >= 11 is 0. The van der Waals surface area contributed by atoms with Gasteiger partial charge < -0.3 is 9.84 Å². The standard InChI is InChI=1S/C27H30N2O4/c1-8-19-22-16(7)21-14(5)12(3)13(4)15(6)23(21)28-24(22)20-10-18-17(25(30)29(19)20)11-33-26(31)27(18,32)9-2/h10,19,32H,8-9,11H2,1-7H3/t19?,27-/m0/s1. The van der Waals surface area contributed by atoms with Crippen molar-refractivity contribution in [3.8, 4) is 11.4 Å². The molecule has 5 rings (SSSR count). The molecule has 6 heteroatoms. The van der Waals surface area contributed by atoms with E-state index in [-0.39, 0.29) is 24.6 Å². The molecule has 0 amide bonds. The third-order valence-electron chi connectivity index (χ3n) is 8.17. The van der Waals surface area contributed by atoms with Crippen LogP contribution >= 0.6 is 0 Å². The molecule has 33 heavy (non-hydrogen) atoms. The normalized spacial score (nSPS) is 21.1. The minimum atomic E-state index is -1.82. The van der Waals surface area contributed by atoms with Crippen LogP contribution in [-0.4, -0.2) is 20.6 Å². The van der Waals surface area contributed by atoms with Crippen molar-refractivity contribution >= 4 is 16.9 Å². The zero-order valence-electron chi connectivity index (χ0n) is 20.3. The van der Waals surface area contributed by atoms with Gasteiger partial charge in [0, 0.05) is 16.5 Å². The lowest BCUT2D eigenvalue weighted by Crippen LogP contribution is -2.44. The van der Waals surface area contributed by atoms with E-state index in [0.717, 1.165) is 39.7 Å². The van der Waals surface area contributed by atoms with Gasteiger partial charge in [0.1, 0.15) is 6.61 Å². The molecule has 2 aromatic heterocycles. The van der Waals surface area contributed by atoms with Crippen LogP contribution in [-0.2, 0) is 21.7 Å². The minimum Gasteiger partial charge on any atom is -0.458 e. The molecule has 0 fully saturated rings. The number of carbonyl (C=O) groups is 1. The second-order valence-electron chi connectivity index (χ2n) is 9.53. The maximum atomic E-state index is 13.7. The monoisotopic (exact) mass is 446 g/mol. The molecular weight excluding hydrogens is 416 g/mol. The Balaban J connectivity index is 1.94. The van der Waals surface area contributed by atoms with Gasteiger partial charge in [0.2, 0.25) is 0 Å². The SMILES string of the molecule is CCC1c2c(nc3c(C)c(C)c(C)c(C)c3c2C)-c2cc3c(c(=O)n21)COC(=O)[C@]3(O)CC. The molecule has 2 aliphatic heterocycles. The Morgan fingerprint density at radius 1 is 1.06 bits per heavy atom. The molecule has 1 unspecified atom stereocenters. The lowest BCUT2D eigenvalue weighted by Gasteiger charge is -2.32. The molecule has 0 radical (unpaired) electrons. The molecule has 4 heterocycles. The summed E-state index contributed by atoms with van der Waals surface area (Å²) in [5.74, 6) is -0.702.